The molecule has 3 aromatic rings. The number of rotatable bonds is 4. The maximum Gasteiger partial charge on any atom is 0.150 e. The van der Waals surface area contributed by atoms with Gasteiger partial charge in [-0.15, -0.1) is 11.3 Å². The first-order valence-electron chi connectivity index (χ1n) is 12.8. The first-order valence-corrected chi connectivity index (χ1v) is 14.1. The Hall–Kier alpha value is -1.45. The number of thiazole rings is 1. The molecule has 0 atom stereocenters. The van der Waals surface area contributed by atoms with Gasteiger partial charge in [0.2, 0.25) is 0 Å². The second kappa shape index (κ2) is 9.90. The van der Waals surface area contributed by atoms with E-state index in [1.54, 1.807) is 11.3 Å². The highest BCUT2D eigenvalue weighted by Crippen LogP contribution is 2.39. The molecule has 0 unspecified atom stereocenters. The molecular weight excluding hydrogens is 462 g/mol. The number of hydrogen-bond acceptors (Lipinski definition) is 7. The first-order chi connectivity index (χ1) is 16.7. The molecule has 34 heavy (non-hydrogen) atoms. The molecule has 1 saturated carbocycles. The van der Waals surface area contributed by atoms with Crippen LogP contribution in [0.3, 0.4) is 0 Å². The highest BCUT2D eigenvalue weighted by atomic mass is 32.1. The van der Waals surface area contributed by atoms with Gasteiger partial charge in [0.05, 0.1) is 18.9 Å². The smallest absolute Gasteiger partial charge is 0.150 e. The van der Waals surface area contributed by atoms with E-state index in [-0.39, 0.29) is 0 Å². The van der Waals surface area contributed by atoms with Crippen LogP contribution < -0.4 is 0 Å². The van der Waals surface area contributed by atoms with Crippen molar-refractivity contribution in [3.05, 3.63) is 35.1 Å². The lowest BCUT2D eigenvalue weighted by Gasteiger charge is -2.38. The summed E-state index contributed by atoms with van der Waals surface area (Å²) in [5, 5.41) is 4.56. The Balaban J connectivity index is 1.21. The van der Waals surface area contributed by atoms with Gasteiger partial charge in [-0.1, -0.05) is 12.8 Å². The van der Waals surface area contributed by atoms with E-state index in [1.807, 2.05) is 3.97 Å². The van der Waals surface area contributed by atoms with Crippen LogP contribution in [-0.2, 0) is 4.74 Å². The monoisotopic (exact) mass is 497 g/mol. The van der Waals surface area contributed by atoms with Gasteiger partial charge in [0.15, 0.2) is 0 Å². The minimum atomic E-state index is 0.584. The van der Waals surface area contributed by atoms with E-state index in [0.717, 1.165) is 56.1 Å². The first kappa shape index (κ1) is 23.0. The number of nitrogens with zero attached hydrogens (tertiary/aromatic N) is 5. The summed E-state index contributed by atoms with van der Waals surface area (Å²) in [6.07, 6.45) is 11.6. The molecule has 6 nitrogen and oxygen atoms in total. The largest absolute Gasteiger partial charge is 0.379 e. The van der Waals surface area contributed by atoms with Crippen molar-refractivity contribution in [2.75, 3.05) is 46.4 Å². The normalized spacial score (nSPS) is 25.8. The fourth-order valence-electron chi connectivity index (χ4n) is 6.12. The predicted octanol–water partition coefficient (Wildman–Crippen LogP) is 5.02. The number of morpholine rings is 1. The summed E-state index contributed by atoms with van der Waals surface area (Å²) in [5.41, 5.74) is 4.74. The highest BCUT2D eigenvalue weighted by Gasteiger charge is 2.28. The Kier molecular flexibility index (Phi) is 6.69. The minimum Gasteiger partial charge on any atom is -0.379 e. The molecule has 0 aromatic carbocycles. The summed E-state index contributed by atoms with van der Waals surface area (Å²) in [4.78, 5) is 15.0. The van der Waals surface area contributed by atoms with E-state index in [0.29, 0.717) is 11.8 Å². The van der Waals surface area contributed by atoms with E-state index in [4.69, 9.17) is 14.7 Å². The summed E-state index contributed by atoms with van der Waals surface area (Å²) in [7, 11) is 2.21. The number of fused-ring (bicyclic) bond motifs is 1. The Morgan fingerprint density at radius 3 is 2.53 bits per heavy atom. The van der Waals surface area contributed by atoms with Gasteiger partial charge < -0.3 is 9.64 Å². The lowest BCUT2D eigenvalue weighted by atomic mass is 9.81. The van der Waals surface area contributed by atoms with Crippen LogP contribution >= 0.6 is 24.2 Å². The average Bonchev–Trinajstić information content (AvgIpc) is 3.50. The third kappa shape index (κ3) is 4.55. The predicted molar refractivity (Wildman–Crippen MR) is 142 cm³/mol. The highest BCUT2D eigenvalue weighted by molar-refractivity contribution is 7.78. The molecule has 0 radical (unpaired) electrons. The Bertz CT molecular complexity index is 1120. The number of thiol groups is 1. The minimum absolute atomic E-state index is 0.584. The molecule has 3 aromatic heterocycles. The van der Waals surface area contributed by atoms with Crippen LogP contribution in [0.1, 0.15) is 61.6 Å². The quantitative estimate of drug-likeness (QED) is 0.513. The third-order valence-corrected chi connectivity index (χ3v) is 9.46. The number of likely N-dealkylation sites (tertiary alicyclic amines) is 1. The van der Waals surface area contributed by atoms with Crippen molar-refractivity contribution < 1.29 is 4.74 Å². The molecule has 182 valence electrons. The summed E-state index contributed by atoms with van der Waals surface area (Å²) >= 11 is 6.45. The summed E-state index contributed by atoms with van der Waals surface area (Å²) < 4.78 is 7.41. The van der Waals surface area contributed by atoms with E-state index < -0.39 is 0 Å². The molecule has 3 fully saturated rings. The molecule has 8 heteroatoms. The molecular formula is C26H35N5OS2. The zero-order chi connectivity index (χ0) is 23.1. The molecule has 2 saturated heterocycles. The van der Waals surface area contributed by atoms with E-state index in [9.17, 15) is 0 Å². The van der Waals surface area contributed by atoms with Crippen LogP contribution in [-0.4, -0.2) is 76.2 Å². The summed E-state index contributed by atoms with van der Waals surface area (Å²) in [5.74, 6) is 1.18. The van der Waals surface area contributed by atoms with Gasteiger partial charge in [-0.2, -0.15) is 0 Å². The number of ether oxygens (including phenoxy) is 1. The lowest BCUT2D eigenvalue weighted by molar-refractivity contribution is 0.00729. The van der Waals surface area contributed by atoms with E-state index >= 15 is 0 Å². The topological polar surface area (TPSA) is 46.4 Å². The average molecular weight is 498 g/mol. The van der Waals surface area contributed by atoms with E-state index in [1.165, 1.54) is 60.7 Å². The molecule has 0 bridgehead atoms. The number of aromatic nitrogens is 3. The maximum absolute atomic E-state index is 5.55. The summed E-state index contributed by atoms with van der Waals surface area (Å²) in [6.45, 7) is 6.29. The molecule has 3 aliphatic rings. The van der Waals surface area contributed by atoms with Gasteiger partial charge in [0.1, 0.15) is 10.7 Å². The zero-order valence-corrected chi connectivity index (χ0v) is 21.7. The Morgan fingerprint density at radius 2 is 1.76 bits per heavy atom. The molecule has 0 N–H and O–H groups in total. The van der Waals surface area contributed by atoms with Gasteiger partial charge in [-0.05, 0) is 76.2 Å². The van der Waals surface area contributed by atoms with Gasteiger partial charge in [0.25, 0.3) is 0 Å². The van der Waals surface area contributed by atoms with Crippen LogP contribution in [0.15, 0.2) is 23.8 Å². The second-order valence-electron chi connectivity index (χ2n) is 10.3. The number of hydrogen-bond donors (Lipinski definition) is 1. The Morgan fingerprint density at radius 1 is 1.00 bits per heavy atom. The van der Waals surface area contributed by atoms with Crippen molar-refractivity contribution in [1.82, 2.24) is 23.7 Å². The van der Waals surface area contributed by atoms with Gasteiger partial charge in [-0.3, -0.25) is 8.87 Å². The second-order valence-corrected chi connectivity index (χ2v) is 11.6. The molecule has 0 amide bonds. The van der Waals surface area contributed by atoms with Crippen molar-refractivity contribution in [2.24, 2.45) is 0 Å². The molecule has 2 aliphatic heterocycles. The van der Waals surface area contributed by atoms with Crippen LogP contribution in [0.25, 0.3) is 21.6 Å². The molecule has 1 aliphatic carbocycles. The van der Waals surface area contributed by atoms with Gasteiger partial charge in [0, 0.05) is 53.8 Å². The van der Waals surface area contributed by atoms with Gasteiger partial charge in [-0.25, -0.2) is 9.97 Å². The van der Waals surface area contributed by atoms with Crippen molar-refractivity contribution >= 4 is 35.2 Å². The fourth-order valence-corrected chi connectivity index (χ4v) is 7.32. The SMILES string of the molecule is CN1CCC(c2csc(-c3cn(S)c4ncc([C@H]5CC[C@H](N6CCOCC6)CC5)cc34)n2)CC1. The molecule has 6 rings (SSSR count). The molecule has 0 spiro atoms. The van der Waals surface area contributed by atoms with Gasteiger partial charge >= 0.3 is 0 Å². The lowest BCUT2D eigenvalue weighted by Crippen LogP contribution is -2.44. The van der Waals surface area contributed by atoms with Crippen molar-refractivity contribution in [3.63, 3.8) is 0 Å². The fraction of sp³-hybridized carbons (Fsp3) is 0.615. The van der Waals surface area contributed by atoms with Crippen LogP contribution in [0.2, 0.25) is 0 Å². The standard InChI is InChI=1S/C26H35N5OS2/c1-29-8-6-19(7-9-29)24-17-34-26(28-24)23-16-31(33)25-22(23)14-20(15-27-25)18-2-4-21(5-3-18)30-10-12-32-13-11-30/h14-19,21,33H,2-13H2,1H3/t18-,21-. The van der Waals surface area contributed by atoms with Crippen molar-refractivity contribution in [1.29, 1.82) is 0 Å². The number of pyridine rings is 1. The maximum atomic E-state index is 5.55. The zero-order valence-electron chi connectivity index (χ0n) is 20.0. The van der Waals surface area contributed by atoms with Crippen molar-refractivity contribution in [2.45, 2.75) is 56.4 Å². The third-order valence-electron chi connectivity index (χ3n) is 8.27. The summed E-state index contributed by atoms with van der Waals surface area (Å²) in [6, 6.07) is 3.10. The Labute approximate surface area is 211 Å². The number of piperidine rings is 1. The van der Waals surface area contributed by atoms with Crippen LogP contribution in [0.4, 0.5) is 0 Å². The van der Waals surface area contributed by atoms with Crippen molar-refractivity contribution in [3.8, 4) is 10.6 Å². The van der Waals surface area contributed by atoms with E-state index in [2.05, 4.69) is 53.5 Å². The van der Waals surface area contributed by atoms with Crippen LogP contribution in [0.5, 0.6) is 0 Å². The van der Waals surface area contributed by atoms with Crippen LogP contribution in [0, 0.1) is 0 Å². The molecule has 5 heterocycles.